The molecule has 1 aliphatic rings. The number of ether oxygens (including phenoxy) is 1. The van der Waals surface area contributed by atoms with Crippen LogP contribution in [-0.4, -0.2) is 20.4 Å². The molecule has 21 heavy (non-hydrogen) atoms. The van der Waals surface area contributed by atoms with Crippen molar-refractivity contribution in [2.75, 3.05) is 0 Å². The minimum Gasteiger partial charge on any atom is -0.474 e. The van der Waals surface area contributed by atoms with Crippen LogP contribution in [-0.2, 0) is 0 Å². The molecule has 5 heteroatoms. The molecule has 114 valence electrons. The summed E-state index contributed by atoms with van der Waals surface area (Å²) in [5.74, 6) is 2.69. The Kier molecular flexibility index (Phi) is 4.11. The summed E-state index contributed by atoms with van der Waals surface area (Å²) >= 11 is 1.45. The van der Waals surface area contributed by atoms with Crippen LogP contribution in [0.4, 0.5) is 0 Å². The summed E-state index contributed by atoms with van der Waals surface area (Å²) in [5, 5.41) is 1.03. The second-order valence-corrected chi connectivity index (χ2v) is 7.23. The van der Waals surface area contributed by atoms with Crippen LogP contribution >= 0.6 is 11.5 Å². The van der Waals surface area contributed by atoms with Gasteiger partial charge in [0, 0.05) is 0 Å². The highest BCUT2D eigenvalue weighted by Crippen LogP contribution is 2.35. The summed E-state index contributed by atoms with van der Waals surface area (Å²) in [6, 6.07) is 0. The van der Waals surface area contributed by atoms with Gasteiger partial charge >= 0.3 is 0 Å². The third kappa shape index (κ3) is 3.03. The van der Waals surface area contributed by atoms with Crippen molar-refractivity contribution < 1.29 is 4.74 Å². The van der Waals surface area contributed by atoms with Crippen molar-refractivity contribution in [3.05, 3.63) is 11.5 Å². The molecule has 1 saturated carbocycles. The van der Waals surface area contributed by atoms with Crippen LogP contribution in [0.15, 0.2) is 0 Å². The van der Waals surface area contributed by atoms with Crippen molar-refractivity contribution in [3.63, 3.8) is 0 Å². The molecule has 0 aromatic carbocycles. The molecule has 0 N–H and O–H groups in total. The van der Waals surface area contributed by atoms with E-state index in [0.717, 1.165) is 46.4 Å². The molecule has 0 unspecified atom stereocenters. The lowest BCUT2D eigenvalue weighted by Gasteiger charge is -2.26. The average molecular weight is 305 g/mol. The van der Waals surface area contributed by atoms with Crippen LogP contribution in [0.25, 0.3) is 10.2 Å². The van der Waals surface area contributed by atoms with Gasteiger partial charge in [-0.15, -0.1) is 0 Å². The van der Waals surface area contributed by atoms with E-state index in [1.165, 1.54) is 24.4 Å². The van der Waals surface area contributed by atoms with E-state index in [1.807, 2.05) is 6.92 Å². The maximum Gasteiger partial charge on any atom is 0.227 e. The molecule has 0 atom stereocenters. The van der Waals surface area contributed by atoms with Crippen molar-refractivity contribution in [1.82, 2.24) is 14.3 Å². The van der Waals surface area contributed by atoms with E-state index in [1.54, 1.807) is 0 Å². The zero-order valence-electron chi connectivity index (χ0n) is 13.2. The predicted octanol–water partition coefficient (Wildman–Crippen LogP) is 4.48. The fraction of sp³-hybridized carbons (Fsp3) is 0.688. The molecular weight excluding hydrogens is 282 g/mol. The number of nitrogens with zero attached hydrogens (tertiary/aromatic N) is 3. The summed E-state index contributed by atoms with van der Waals surface area (Å²) in [4.78, 5) is 10.0. The highest BCUT2D eigenvalue weighted by molar-refractivity contribution is 7.13. The first-order valence-corrected chi connectivity index (χ1v) is 8.62. The van der Waals surface area contributed by atoms with Gasteiger partial charge in [-0.05, 0) is 56.0 Å². The summed E-state index contributed by atoms with van der Waals surface area (Å²) in [5.41, 5.74) is 1.06. The molecule has 0 aliphatic heterocycles. The second kappa shape index (κ2) is 5.87. The van der Waals surface area contributed by atoms with E-state index in [0.29, 0.717) is 12.0 Å². The van der Waals surface area contributed by atoms with Crippen LogP contribution in [0.5, 0.6) is 5.88 Å². The van der Waals surface area contributed by atoms with Crippen LogP contribution in [0.1, 0.15) is 63.9 Å². The predicted molar refractivity (Wildman–Crippen MR) is 86.1 cm³/mol. The van der Waals surface area contributed by atoms with E-state index in [4.69, 9.17) is 4.74 Å². The van der Waals surface area contributed by atoms with Crippen LogP contribution in [0, 0.1) is 12.8 Å². The molecule has 0 spiro atoms. The molecule has 4 nitrogen and oxygen atoms in total. The zero-order chi connectivity index (χ0) is 15.0. The molecule has 0 bridgehead atoms. The zero-order valence-corrected chi connectivity index (χ0v) is 14.0. The van der Waals surface area contributed by atoms with Gasteiger partial charge in [-0.25, -0.2) is 4.98 Å². The molecule has 2 aromatic rings. The standard InChI is InChI=1S/C16H23N3OS/c1-9(2)14-13-15(17-11(4)18-16(13)21-19-14)20-12-7-5-10(3)6-8-12/h9-10,12H,5-8H2,1-4H3. The maximum atomic E-state index is 6.26. The third-order valence-corrected chi connectivity index (χ3v) is 4.99. The Hall–Kier alpha value is -1.23. The minimum absolute atomic E-state index is 0.290. The van der Waals surface area contributed by atoms with Crippen molar-refractivity contribution in [1.29, 1.82) is 0 Å². The Morgan fingerprint density at radius 3 is 2.52 bits per heavy atom. The number of aromatic nitrogens is 3. The Morgan fingerprint density at radius 1 is 1.14 bits per heavy atom. The normalized spacial score (nSPS) is 22.9. The maximum absolute atomic E-state index is 6.26. The Morgan fingerprint density at radius 2 is 1.86 bits per heavy atom. The minimum atomic E-state index is 0.290. The number of aryl methyl sites for hydroxylation is 1. The first-order valence-electron chi connectivity index (χ1n) is 7.85. The van der Waals surface area contributed by atoms with E-state index in [9.17, 15) is 0 Å². The molecule has 2 heterocycles. The first kappa shape index (κ1) is 14.7. The van der Waals surface area contributed by atoms with Gasteiger partial charge < -0.3 is 4.74 Å². The van der Waals surface area contributed by atoms with Gasteiger partial charge in [-0.1, -0.05) is 20.8 Å². The number of hydrogen-bond donors (Lipinski definition) is 0. The third-order valence-electron chi connectivity index (χ3n) is 4.23. The van der Waals surface area contributed by atoms with Crippen molar-refractivity contribution in [2.45, 2.75) is 65.4 Å². The van der Waals surface area contributed by atoms with Crippen molar-refractivity contribution in [2.24, 2.45) is 5.92 Å². The Bertz CT molecular complexity index is 630. The van der Waals surface area contributed by atoms with Gasteiger partial charge in [-0.2, -0.15) is 9.36 Å². The topological polar surface area (TPSA) is 47.9 Å². The first-order chi connectivity index (χ1) is 10.0. The number of rotatable bonds is 3. The molecule has 1 fully saturated rings. The lowest BCUT2D eigenvalue weighted by molar-refractivity contribution is 0.131. The van der Waals surface area contributed by atoms with Gasteiger partial charge in [0.25, 0.3) is 0 Å². The highest BCUT2D eigenvalue weighted by atomic mass is 32.1. The molecule has 2 aromatic heterocycles. The van der Waals surface area contributed by atoms with E-state index >= 15 is 0 Å². The summed E-state index contributed by atoms with van der Waals surface area (Å²) < 4.78 is 10.8. The van der Waals surface area contributed by atoms with Crippen molar-refractivity contribution in [3.8, 4) is 5.88 Å². The molecule has 0 saturated heterocycles. The summed E-state index contributed by atoms with van der Waals surface area (Å²) in [7, 11) is 0. The lowest BCUT2D eigenvalue weighted by Crippen LogP contribution is -2.23. The van der Waals surface area contributed by atoms with E-state index in [-0.39, 0.29) is 0 Å². The molecule has 0 radical (unpaired) electrons. The van der Waals surface area contributed by atoms with Crippen molar-refractivity contribution >= 4 is 21.7 Å². The fourth-order valence-electron chi connectivity index (χ4n) is 2.93. The number of hydrogen-bond acceptors (Lipinski definition) is 5. The van der Waals surface area contributed by atoms with Gasteiger partial charge in [0.15, 0.2) is 4.83 Å². The van der Waals surface area contributed by atoms with Gasteiger partial charge in [0.2, 0.25) is 5.88 Å². The molecular formula is C16H23N3OS. The SMILES string of the molecule is Cc1nc(OC2CCC(C)CC2)c2c(C(C)C)nsc2n1. The van der Waals surface area contributed by atoms with E-state index in [2.05, 4.69) is 35.1 Å². The van der Waals surface area contributed by atoms with Gasteiger partial charge in [0.05, 0.1) is 11.1 Å². The monoisotopic (exact) mass is 305 g/mol. The average Bonchev–Trinajstić information content (AvgIpc) is 2.85. The fourth-order valence-corrected chi connectivity index (χ4v) is 3.87. The molecule has 1 aliphatic carbocycles. The quantitative estimate of drug-likeness (QED) is 0.839. The smallest absolute Gasteiger partial charge is 0.227 e. The molecule has 0 amide bonds. The van der Waals surface area contributed by atoms with Crippen LogP contribution in [0.2, 0.25) is 0 Å². The van der Waals surface area contributed by atoms with E-state index < -0.39 is 0 Å². The summed E-state index contributed by atoms with van der Waals surface area (Å²) in [6.45, 7) is 8.55. The Balaban J connectivity index is 1.94. The van der Waals surface area contributed by atoms with Crippen LogP contribution in [0.3, 0.4) is 0 Å². The number of fused-ring (bicyclic) bond motifs is 1. The molecule has 3 rings (SSSR count). The highest BCUT2D eigenvalue weighted by Gasteiger charge is 2.23. The largest absolute Gasteiger partial charge is 0.474 e. The lowest BCUT2D eigenvalue weighted by atomic mass is 9.89. The summed E-state index contributed by atoms with van der Waals surface area (Å²) in [6.07, 6.45) is 5.03. The second-order valence-electron chi connectivity index (χ2n) is 6.48. The Labute approximate surface area is 130 Å². The van der Waals surface area contributed by atoms with Crippen LogP contribution < -0.4 is 4.74 Å². The van der Waals surface area contributed by atoms with Gasteiger partial charge in [-0.3, -0.25) is 0 Å². The van der Waals surface area contributed by atoms with Gasteiger partial charge in [0.1, 0.15) is 11.9 Å².